The molecule has 47 heavy (non-hydrogen) atoms. The monoisotopic (exact) mass is 680 g/mol. The van der Waals surface area contributed by atoms with Gasteiger partial charge in [0.15, 0.2) is 11.4 Å². The summed E-state index contributed by atoms with van der Waals surface area (Å²) in [6.45, 7) is 1.51. The number of hydrogen-bond donors (Lipinski definition) is 8. The fourth-order valence-electron chi connectivity index (χ4n) is 6.85. The van der Waals surface area contributed by atoms with Crippen molar-refractivity contribution in [3.63, 3.8) is 0 Å². The number of ketones is 2. The number of halogens is 4. The lowest BCUT2D eigenvalue weighted by Crippen LogP contribution is -2.70. The SMILES string of the molecule is C[C@H]1c2ccc(NC(=O)Nc3ccc(Cl)cc3C(F)(F)F)c(O)c2C(O)=C2C(=O)[C@]3(O)C(O)=C(C(N)=O)C(=O)[C@@H](N(C)C)[C@@H]3[C@@H](O)[C@@H]21. The maximum Gasteiger partial charge on any atom is 0.418 e. The second kappa shape index (κ2) is 11.3. The Kier molecular flexibility index (Phi) is 8.08. The Hall–Kier alpha value is -4.64. The van der Waals surface area contributed by atoms with E-state index in [1.165, 1.54) is 38.1 Å². The minimum Gasteiger partial charge on any atom is -0.508 e. The molecule has 3 aliphatic carbocycles. The molecule has 5 rings (SSSR count). The van der Waals surface area contributed by atoms with E-state index in [1.807, 2.05) is 5.32 Å². The Balaban J connectivity index is 1.60. The molecule has 0 unspecified atom stereocenters. The van der Waals surface area contributed by atoms with Crippen LogP contribution in [-0.4, -0.2) is 85.8 Å². The number of urea groups is 1. The van der Waals surface area contributed by atoms with Crippen LogP contribution in [0, 0.1) is 11.8 Å². The van der Waals surface area contributed by atoms with Gasteiger partial charge in [-0.3, -0.25) is 19.3 Å². The van der Waals surface area contributed by atoms with Crippen molar-refractivity contribution >= 4 is 52.2 Å². The van der Waals surface area contributed by atoms with Gasteiger partial charge in [0.2, 0.25) is 5.78 Å². The number of primary amides is 1. The molecule has 1 fully saturated rings. The number of phenols is 1. The van der Waals surface area contributed by atoms with Gasteiger partial charge in [-0.05, 0) is 49.8 Å². The third kappa shape index (κ3) is 4.99. The highest BCUT2D eigenvalue weighted by atomic mass is 35.5. The van der Waals surface area contributed by atoms with Crippen LogP contribution in [0.4, 0.5) is 29.3 Å². The van der Waals surface area contributed by atoms with Crippen LogP contribution in [0.5, 0.6) is 5.75 Å². The zero-order valence-electron chi connectivity index (χ0n) is 24.7. The number of Topliss-reactive ketones (excluding diaryl/α,β-unsaturated/α-hetero) is 2. The van der Waals surface area contributed by atoms with Crippen molar-refractivity contribution in [3.05, 3.63) is 69.0 Å². The molecular formula is C30H28ClF3N4O9. The van der Waals surface area contributed by atoms with Crippen LogP contribution in [0.1, 0.15) is 29.5 Å². The Morgan fingerprint density at radius 3 is 2.21 bits per heavy atom. The van der Waals surface area contributed by atoms with Gasteiger partial charge in [-0.2, -0.15) is 13.2 Å². The molecule has 0 spiro atoms. The highest BCUT2D eigenvalue weighted by Gasteiger charge is 2.68. The van der Waals surface area contributed by atoms with Crippen LogP contribution in [0.3, 0.4) is 0 Å². The van der Waals surface area contributed by atoms with Crippen molar-refractivity contribution in [2.24, 2.45) is 17.6 Å². The number of phenolic OH excluding ortho intramolecular Hbond substituents is 1. The summed E-state index contributed by atoms with van der Waals surface area (Å²) in [5.74, 6) is -11.1. The molecule has 2 aromatic carbocycles. The average molecular weight is 681 g/mol. The standard InChI is InChI=1S/C30H28ClF3N4O9/c1-9-11-5-7-14(37-28(46)36-13-6-4-10(31)8-12(13)30(32,33)34)21(39)16(11)22(40)17-15(9)23(41)19-20(38(2)3)24(42)18(27(35)45)26(44)29(19,47)25(17)43/h4-9,15,19-20,23,39-41,44,47H,1-3H3,(H2,35,45)(H2,36,37,46)/t9-,15+,19+,20-,23-,29-/m0/s1. The van der Waals surface area contributed by atoms with Crippen LogP contribution < -0.4 is 16.4 Å². The van der Waals surface area contributed by atoms with Gasteiger partial charge in [-0.25, -0.2) is 4.79 Å². The van der Waals surface area contributed by atoms with Crippen LogP contribution >= 0.6 is 11.6 Å². The molecule has 17 heteroatoms. The first kappa shape index (κ1) is 33.7. The first-order chi connectivity index (χ1) is 21.7. The number of alkyl halides is 3. The van der Waals surface area contributed by atoms with E-state index in [9.17, 15) is 57.9 Å². The van der Waals surface area contributed by atoms with Crippen LogP contribution in [0.2, 0.25) is 5.02 Å². The highest BCUT2D eigenvalue weighted by Crippen LogP contribution is 2.56. The summed E-state index contributed by atoms with van der Waals surface area (Å²) < 4.78 is 40.5. The number of nitrogens with zero attached hydrogens (tertiary/aromatic N) is 1. The second-order valence-corrected chi connectivity index (χ2v) is 12.2. The van der Waals surface area contributed by atoms with E-state index < -0.39 is 116 Å². The van der Waals surface area contributed by atoms with E-state index in [1.54, 1.807) is 0 Å². The first-order valence-corrected chi connectivity index (χ1v) is 14.3. The van der Waals surface area contributed by atoms with Crippen LogP contribution in [0.25, 0.3) is 5.76 Å². The Morgan fingerprint density at radius 1 is 1.04 bits per heavy atom. The van der Waals surface area contributed by atoms with Crippen molar-refractivity contribution in [2.45, 2.75) is 36.8 Å². The largest absolute Gasteiger partial charge is 0.508 e. The normalized spacial score (nSPS) is 27.3. The van der Waals surface area contributed by atoms with E-state index in [0.29, 0.717) is 6.07 Å². The molecule has 0 aliphatic heterocycles. The lowest BCUT2D eigenvalue weighted by molar-refractivity contribution is -0.169. The number of nitrogens with one attached hydrogen (secondary N) is 2. The number of carbonyl (C=O) groups excluding carboxylic acids is 4. The van der Waals surface area contributed by atoms with Crippen molar-refractivity contribution in [2.75, 3.05) is 24.7 Å². The molecule has 6 atom stereocenters. The molecule has 0 aromatic heterocycles. The van der Waals surface area contributed by atoms with E-state index in [4.69, 9.17) is 17.3 Å². The smallest absolute Gasteiger partial charge is 0.418 e. The van der Waals surface area contributed by atoms with Gasteiger partial charge in [-0.1, -0.05) is 24.6 Å². The minimum atomic E-state index is -4.88. The van der Waals surface area contributed by atoms with Crippen molar-refractivity contribution in [1.29, 1.82) is 0 Å². The predicted molar refractivity (Wildman–Crippen MR) is 159 cm³/mol. The number of aliphatic hydroxyl groups is 4. The molecule has 0 heterocycles. The number of benzene rings is 2. The summed E-state index contributed by atoms with van der Waals surface area (Å²) in [7, 11) is 2.76. The molecule has 2 aromatic rings. The number of carbonyl (C=O) groups is 4. The number of fused-ring (bicyclic) bond motifs is 3. The van der Waals surface area contributed by atoms with Gasteiger partial charge < -0.3 is 41.9 Å². The zero-order chi connectivity index (χ0) is 35.1. The van der Waals surface area contributed by atoms with E-state index >= 15 is 0 Å². The third-order valence-electron chi connectivity index (χ3n) is 8.91. The molecule has 9 N–H and O–H groups in total. The topological polar surface area (TPSA) is 223 Å². The number of amides is 3. The van der Waals surface area contributed by atoms with Crippen molar-refractivity contribution in [1.82, 2.24) is 4.90 Å². The van der Waals surface area contributed by atoms with Gasteiger partial charge in [-0.15, -0.1) is 0 Å². The fourth-order valence-corrected chi connectivity index (χ4v) is 7.03. The van der Waals surface area contributed by atoms with Crippen LogP contribution in [0.15, 0.2) is 47.2 Å². The Bertz CT molecular complexity index is 1830. The van der Waals surface area contributed by atoms with Gasteiger partial charge >= 0.3 is 12.2 Å². The number of likely N-dealkylation sites (N-methyl/N-ethyl adjacent to an activating group) is 1. The highest BCUT2D eigenvalue weighted by molar-refractivity contribution is 6.30. The molecule has 13 nitrogen and oxygen atoms in total. The maximum absolute atomic E-state index is 14.1. The van der Waals surface area contributed by atoms with Gasteiger partial charge in [0.1, 0.15) is 22.8 Å². The summed E-state index contributed by atoms with van der Waals surface area (Å²) in [6.07, 6.45) is -6.69. The molecule has 3 amide bonds. The van der Waals surface area contributed by atoms with Crippen molar-refractivity contribution < 1.29 is 57.9 Å². The number of rotatable bonds is 4. The molecule has 250 valence electrons. The maximum atomic E-state index is 14.1. The van der Waals surface area contributed by atoms with E-state index in [-0.39, 0.29) is 10.6 Å². The summed E-state index contributed by atoms with van der Waals surface area (Å²) in [4.78, 5) is 53.5. The molecule has 3 aliphatic rings. The summed E-state index contributed by atoms with van der Waals surface area (Å²) in [5, 5.41) is 60.9. The lowest BCUT2D eigenvalue weighted by atomic mass is 9.54. The molecule has 1 saturated carbocycles. The number of nitrogens with two attached hydrogens (primary N) is 1. The summed E-state index contributed by atoms with van der Waals surface area (Å²) in [5.41, 5.74) is -2.16. The fraction of sp³-hybridized carbons (Fsp3) is 0.333. The van der Waals surface area contributed by atoms with Gasteiger partial charge in [0.05, 0.1) is 40.6 Å². The van der Waals surface area contributed by atoms with Gasteiger partial charge in [0, 0.05) is 16.5 Å². The second-order valence-electron chi connectivity index (χ2n) is 11.7. The van der Waals surface area contributed by atoms with E-state index in [0.717, 1.165) is 12.1 Å². The predicted octanol–water partition coefficient (Wildman–Crippen LogP) is 2.81. The first-order valence-electron chi connectivity index (χ1n) is 13.9. The van der Waals surface area contributed by atoms with Gasteiger partial charge in [0.25, 0.3) is 5.91 Å². The van der Waals surface area contributed by atoms with E-state index in [2.05, 4.69) is 5.32 Å². The Labute approximate surface area is 268 Å². The number of anilines is 2. The summed E-state index contributed by atoms with van der Waals surface area (Å²) >= 11 is 5.67. The Morgan fingerprint density at radius 2 is 1.64 bits per heavy atom. The minimum absolute atomic E-state index is 0.148. The third-order valence-corrected chi connectivity index (χ3v) is 9.15. The molecular weight excluding hydrogens is 653 g/mol. The number of aromatic hydroxyl groups is 1. The van der Waals surface area contributed by atoms with Crippen molar-refractivity contribution in [3.8, 4) is 5.75 Å². The average Bonchev–Trinajstić information content (AvgIpc) is 2.96. The zero-order valence-corrected chi connectivity index (χ0v) is 25.4. The molecule has 0 saturated heterocycles. The summed E-state index contributed by atoms with van der Waals surface area (Å²) in [6, 6.07) is 2.36. The number of aliphatic hydroxyl groups excluding tert-OH is 3. The molecule has 0 radical (unpaired) electrons. The lowest BCUT2D eigenvalue weighted by Gasteiger charge is -2.53. The van der Waals surface area contributed by atoms with Crippen LogP contribution in [-0.2, 0) is 20.6 Å². The number of hydrogen-bond acceptors (Lipinski definition) is 10. The quantitative estimate of drug-likeness (QED) is 0.174. The molecule has 0 bridgehead atoms.